The molecule has 0 aromatic heterocycles. The highest BCUT2D eigenvalue weighted by atomic mass is 35.5. The Morgan fingerprint density at radius 2 is 1.81 bits per heavy atom. The molecule has 1 aromatic carbocycles. The van der Waals surface area contributed by atoms with Crippen molar-refractivity contribution in [2.75, 3.05) is 24.9 Å². The summed E-state index contributed by atoms with van der Waals surface area (Å²) in [5.74, 6) is -0.175. The Labute approximate surface area is 134 Å². The summed E-state index contributed by atoms with van der Waals surface area (Å²) < 4.78 is 21.6. The van der Waals surface area contributed by atoms with Crippen LogP contribution in [0.15, 0.2) is 24.3 Å². The molecular formula is C13H19ClNO4PS. The topological polar surface area (TPSA) is 55.8 Å². The Hall–Kier alpha value is -0.520. The number of carbonyl (C=O) groups excluding carboxylic acids is 1. The van der Waals surface area contributed by atoms with E-state index in [1.807, 2.05) is 13.8 Å². The molecule has 0 aliphatic heterocycles. The maximum atomic E-state index is 12.4. The summed E-state index contributed by atoms with van der Waals surface area (Å²) in [5.41, 5.74) is 0.740. The van der Waals surface area contributed by atoms with Gasteiger partial charge in [0.25, 0.3) is 0 Å². The highest BCUT2D eigenvalue weighted by Crippen LogP contribution is 2.59. The number of rotatable bonds is 7. The van der Waals surface area contributed by atoms with Crippen molar-refractivity contribution in [3.05, 3.63) is 29.3 Å². The van der Waals surface area contributed by atoms with Gasteiger partial charge >= 0.3 is 6.80 Å². The van der Waals surface area contributed by atoms with Crippen LogP contribution in [0.25, 0.3) is 0 Å². The monoisotopic (exact) mass is 351 g/mol. The summed E-state index contributed by atoms with van der Waals surface area (Å²) in [4.78, 5) is 14.0. The van der Waals surface area contributed by atoms with Crippen LogP contribution in [0.3, 0.4) is 0 Å². The quantitative estimate of drug-likeness (QED) is 0.688. The number of amides is 1. The van der Waals surface area contributed by atoms with E-state index in [9.17, 15) is 9.36 Å². The van der Waals surface area contributed by atoms with Crippen molar-refractivity contribution in [1.82, 2.24) is 0 Å². The summed E-state index contributed by atoms with van der Waals surface area (Å²) >= 11 is 6.73. The Kier molecular flexibility index (Phi) is 7.24. The number of carbonyl (C=O) groups is 1. The molecule has 0 atom stereocenters. The average molecular weight is 352 g/mol. The van der Waals surface area contributed by atoms with Crippen molar-refractivity contribution in [2.45, 2.75) is 19.9 Å². The van der Waals surface area contributed by atoms with E-state index >= 15 is 0 Å². The minimum Gasteiger partial charge on any atom is -0.309 e. The van der Waals surface area contributed by atoms with E-state index < -0.39 is 6.80 Å². The second-order valence-electron chi connectivity index (χ2n) is 4.42. The van der Waals surface area contributed by atoms with E-state index in [1.165, 1.54) is 14.2 Å². The molecule has 0 spiro atoms. The molecule has 5 nitrogen and oxygen atoms in total. The van der Waals surface area contributed by atoms with Crippen LogP contribution in [0, 0.1) is 0 Å². The summed E-state index contributed by atoms with van der Waals surface area (Å²) in [5, 5.41) is 0.604. The van der Waals surface area contributed by atoms with Crippen molar-refractivity contribution < 1.29 is 18.4 Å². The molecule has 0 unspecified atom stereocenters. The van der Waals surface area contributed by atoms with Gasteiger partial charge in [-0.1, -0.05) is 11.6 Å². The van der Waals surface area contributed by atoms with Crippen LogP contribution in [-0.4, -0.2) is 31.9 Å². The molecule has 118 valence electrons. The first-order valence-electron chi connectivity index (χ1n) is 6.26. The Morgan fingerprint density at radius 1 is 1.29 bits per heavy atom. The van der Waals surface area contributed by atoms with E-state index in [-0.39, 0.29) is 17.7 Å². The molecule has 21 heavy (non-hydrogen) atoms. The Bertz CT molecular complexity index is 515. The van der Waals surface area contributed by atoms with E-state index in [0.29, 0.717) is 5.02 Å². The lowest BCUT2D eigenvalue weighted by molar-refractivity contribution is -0.116. The molecule has 1 amide bonds. The summed E-state index contributed by atoms with van der Waals surface area (Å²) in [6.45, 7) is 0.556. The van der Waals surface area contributed by atoms with Crippen LogP contribution in [-0.2, 0) is 18.4 Å². The highest BCUT2D eigenvalue weighted by molar-refractivity contribution is 8.55. The Morgan fingerprint density at radius 3 is 2.24 bits per heavy atom. The van der Waals surface area contributed by atoms with Gasteiger partial charge in [0.15, 0.2) is 0 Å². The predicted molar refractivity (Wildman–Crippen MR) is 88.2 cm³/mol. The molecule has 0 aliphatic rings. The number of hydrogen-bond donors (Lipinski definition) is 0. The van der Waals surface area contributed by atoms with Crippen LogP contribution in [0.4, 0.5) is 5.69 Å². The molecule has 0 saturated heterocycles. The van der Waals surface area contributed by atoms with Crippen LogP contribution >= 0.6 is 29.8 Å². The molecule has 1 rings (SSSR count). The van der Waals surface area contributed by atoms with Gasteiger partial charge in [-0.2, -0.15) is 0 Å². The van der Waals surface area contributed by atoms with Gasteiger partial charge in [-0.05, 0) is 49.5 Å². The zero-order valence-corrected chi connectivity index (χ0v) is 14.9. The lowest BCUT2D eigenvalue weighted by Crippen LogP contribution is -2.38. The number of nitrogens with zero attached hydrogens (tertiary/aromatic N) is 1. The number of hydrogen-bond acceptors (Lipinski definition) is 5. The smallest absolute Gasteiger partial charge is 0.309 e. The first-order chi connectivity index (χ1) is 9.83. The maximum Gasteiger partial charge on any atom is 0.389 e. The van der Waals surface area contributed by atoms with Gasteiger partial charge < -0.3 is 13.9 Å². The van der Waals surface area contributed by atoms with Gasteiger partial charge in [-0.15, -0.1) is 0 Å². The molecular weight excluding hydrogens is 333 g/mol. The average Bonchev–Trinajstić information content (AvgIpc) is 2.46. The first-order valence-corrected chi connectivity index (χ1v) is 9.77. The number of anilines is 1. The fourth-order valence-electron chi connectivity index (χ4n) is 1.72. The maximum absolute atomic E-state index is 12.4. The SMILES string of the molecule is COP(=O)(OC)SCC(=O)N(c1ccc(Cl)cc1)C(C)C. The van der Waals surface area contributed by atoms with Crippen molar-refractivity contribution in [3.63, 3.8) is 0 Å². The number of benzene rings is 1. The van der Waals surface area contributed by atoms with Crippen molar-refractivity contribution in [2.24, 2.45) is 0 Å². The fraction of sp³-hybridized carbons (Fsp3) is 0.462. The van der Waals surface area contributed by atoms with Gasteiger partial charge in [-0.25, -0.2) is 4.57 Å². The van der Waals surface area contributed by atoms with E-state index in [0.717, 1.165) is 17.1 Å². The van der Waals surface area contributed by atoms with Crippen molar-refractivity contribution >= 4 is 41.4 Å². The fourth-order valence-corrected chi connectivity index (χ4v) is 4.05. The minimum absolute atomic E-state index is 0.000234. The molecule has 0 bridgehead atoms. The zero-order valence-electron chi connectivity index (χ0n) is 12.4. The molecule has 0 N–H and O–H groups in total. The van der Waals surface area contributed by atoms with Gasteiger partial charge in [-0.3, -0.25) is 4.79 Å². The molecule has 0 radical (unpaired) electrons. The third kappa shape index (κ3) is 5.31. The van der Waals surface area contributed by atoms with Crippen LogP contribution < -0.4 is 4.90 Å². The number of halogens is 1. The lowest BCUT2D eigenvalue weighted by atomic mass is 10.2. The Balaban J connectivity index is 2.84. The molecule has 0 heterocycles. The summed E-state index contributed by atoms with van der Waals surface area (Å²) in [6, 6.07) is 6.96. The van der Waals surface area contributed by atoms with Gasteiger partial charge in [0, 0.05) is 31.0 Å². The van der Waals surface area contributed by atoms with Gasteiger partial charge in [0.1, 0.15) is 0 Å². The third-order valence-corrected chi connectivity index (χ3v) is 6.75. The summed E-state index contributed by atoms with van der Waals surface area (Å²) in [6.07, 6.45) is 0. The minimum atomic E-state index is -3.26. The third-order valence-electron chi connectivity index (χ3n) is 2.68. The lowest BCUT2D eigenvalue weighted by Gasteiger charge is -2.27. The second-order valence-corrected chi connectivity index (χ2v) is 9.14. The molecule has 0 aliphatic carbocycles. The second kappa shape index (κ2) is 8.20. The first kappa shape index (κ1) is 18.5. The van der Waals surface area contributed by atoms with Gasteiger partial charge in [0.05, 0.1) is 5.75 Å². The van der Waals surface area contributed by atoms with Crippen LogP contribution in [0.1, 0.15) is 13.8 Å². The van der Waals surface area contributed by atoms with E-state index in [1.54, 1.807) is 29.2 Å². The predicted octanol–water partition coefficient (Wildman–Crippen LogP) is 4.22. The van der Waals surface area contributed by atoms with Crippen molar-refractivity contribution in [3.8, 4) is 0 Å². The van der Waals surface area contributed by atoms with Gasteiger partial charge in [0.2, 0.25) is 5.91 Å². The molecule has 1 aromatic rings. The molecule has 8 heteroatoms. The van der Waals surface area contributed by atoms with Crippen molar-refractivity contribution in [1.29, 1.82) is 0 Å². The largest absolute Gasteiger partial charge is 0.389 e. The molecule has 0 saturated carbocycles. The van der Waals surface area contributed by atoms with Crippen LogP contribution in [0.5, 0.6) is 0 Å². The van der Waals surface area contributed by atoms with E-state index in [2.05, 4.69) is 0 Å². The normalized spacial score (nSPS) is 11.7. The molecule has 0 fully saturated rings. The summed E-state index contributed by atoms with van der Waals surface area (Å²) in [7, 11) is 2.59. The van der Waals surface area contributed by atoms with Crippen LogP contribution in [0.2, 0.25) is 5.02 Å². The zero-order chi connectivity index (χ0) is 16.0. The van der Waals surface area contributed by atoms with E-state index in [4.69, 9.17) is 20.6 Å². The highest BCUT2D eigenvalue weighted by Gasteiger charge is 2.27. The standard InChI is InChI=1S/C13H19ClNO4PS/c1-10(2)15(12-7-5-11(14)6-8-12)13(16)9-21-20(17,18-3)19-4/h5-8,10H,9H2,1-4H3.